The maximum Gasteiger partial charge on any atom is 0.255 e. The van der Waals surface area contributed by atoms with Crippen molar-refractivity contribution in [1.29, 1.82) is 0 Å². The van der Waals surface area contributed by atoms with Crippen molar-refractivity contribution >= 4 is 28.5 Å². The summed E-state index contributed by atoms with van der Waals surface area (Å²) in [7, 11) is 0. The number of phenols is 1. The Morgan fingerprint density at radius 2 is 2.27 bits per heavy atom. The van der Waals surface area contributed by atoms with Gasteiger partial charge in [0.15, 0.2) is 0 Å². The molecule has 1 atom stereocenters. The minimum absolute atomic E-state index is 0.0569. The number of hydrogen-bond acceptors (Lipinski definition) is 3. The molecule has 82 valence electrons. The molecule has 5 heteroatoms. The van der Waals surface area contributed by atoms with Gasteiger partial charge in [0, 0.05) is 10.1 Å². The van der Waals surface area contributed by atoms with E-state index in [1.165, 1.54) is 6.07 Å². The lowest BCUT2D eigenvalue weighted by Crippen LogP contribution is -2.30. The van der Waals surface area contributed by atoms with Crippen molar-refractivity contribution in [2.75, 3.05) is 6.54 Å². The average Bonchev–Trinajstić information content (AvgIpc) is 2.18. The van der Waals surface area contributed by atoms with Crippen molar-refractivity contribution in [2.24, 2.45) is 0 Å². The van der Waals surface area contributed by atoms with Crippen LogP contribution in [0.1, 0.15) is 17.3 Å². The summed E-state index contributed by atoms with van der Waals surface area (Å²) in [6.07, 6.45) is -0.598. The molecule has 0 aliphatic carbocycles. The van der Waals surface area contributed by atoms with Crippen LogP contribution < -0.4 is 5.32 Å². The summed E-state index contributed by atoms with van der Waals surface area (Å²) in [6.45, 7) is 1.75. The van der Waals surface area contributed by atoms with Crippen molar-refractivity contribution in [2.45, 2.75) is 13.0 Å². The summed E-state index contributed by atoms with van der Waals surface area (Å²) in [5, 5.41) is 21.0. The zero-order valence-corrected chi connectivity index (χ0v) is 10.4. The van der Waals surface area contributed by atoms with Gasteiger partial charge in [-0.2, -0.15) is 0 Å². The highest BCUT2D eigenvalue weighted by Gasteiger charge is 2.11. The molecule has 0 fully saturated rings. The first-order valence-electron chi connectivity index (χ1n) is 4.45. The van der Waals surface area contributed by atoms with Gasteiger partial charge >= 0.3 is 0 Å². The number of nitrogens with one attached hydrogen (secondary N) is 1. The fourth-order valence-electron chi connectivity index (χ4n) is 1.03. The Bertz CT molecular complexity index is 366. The molecule has 4 nitrogen and oxygen atoms in total. The predicted molar refractivity (Wildman–Crippen MR) is 64.8 cm³/mol. The van der Waals surface area contributed by atoms with Gasteiger partial charge in [-0.05, 0) is 47.7 Å². The van der Waals surface area contributed by atoms with Gasteiger partial charge in [-0.3, -0.25) is 4.79 Å². The third kappa shape index (κ3) is 3.67. The summed E-state index contributed by atoms with van der Waals surface area (Å²) in [6, 6.07) is 4.77. The van der Waals surface area contributed by atoms with Crippen LogP contribution in [0.3, 0.4) is 0 Å². The summed E-state index contributed by atoms with van der Waals surface area (Å²) in [5.74, 6) is -0.439. The second-order valence-electron chi connectivity index (χ2n) is 3.22. The van der Waals surface area contributed by atoms with Gasteiger partial charge in [0.1, 0.15) is 5.75 Å². The molecule has 1 amide bonds. The molecule has 0 saturated heterocycles. The van der Waals surface area contributed by atoms with E-state index in [1.807, 2.05) is 0 Å². The van der Waals surface area contributed by atoms with E-state index < -0.39 is 6.10 Å². The highest BCUT2D eigenvalue weighted by atomic mass is 127. The standard InChI is InChI=1S/C10H12INO3/c1-6(13)5-12-10(15)8-4-7(11)2-3-9(8)14/h2-4,6,13-14H,5H2,1H3,(H,12,15)/t6-/m1/s1. The van der Waals surface area contributed by atoms with Crippen LogP contribution in [0.5, 0.6) is 5.75 Å². The maximum atomic E-state index is 11.5. The van der Waals surface area contributed by atoms with E-state index in [2.05, 4.69) is 27.9 Å². The Balaban J connectivity index is 2.77. The highest BCUT2D eigenvalue weighted by molar-refractivity contribution is 14.1. The first-order valence-corrected chi connectivity index (χ1v) is 5.53. The smallest absolute Gasteiger partial charge is 0.255 e. The van der Waals surface area contributed by atoms with Crippen molar-refractivity contribution in [1.82, 2.24) is 5.32 Å². The molecule has 15 heavy (non-hydrogen) atoms. The third-order valence-corrected chi connectivity index (χ3v) is 2.43. The molecular formula is C10H12INO3. The zero-order valence-electron chi connectivity index (χ0n) is 8.20. The Hall–Kier alpha value is -0.820. The van der Waals surface area contributed by atoms with Crippen LogP contribution in [0.25, 0.3) is 0 Å². The van der Waals surface area contributed by atoms with E-state index in [1.54, 1.807) is 19.1 Å². The fraction of sp³-hybridized carbons (Fsp3) is 0.300. The van der Waals surface area contributed by atoms with Crippen LogP contribution in [-0.2, 0) is 0 Å². The minimum atomic E-state index is -0.598. The quantitative estimate of drug-likeness (QED) is 0.731. The first-order chi connectivity index (χ1) is 7.00. The number of rotatable bonds is 3. The zero-order chi connectivity index (χ0) is 11.4. The number of halogens is 1. The number of benzene rings is 1. The van der Waals surface area contributed by atoms with Crippen LogP contribution in [0.4, 0.5) is 0 Å². The second kappa shape index (κ2) is 5.32. The van der Waals surface area contributed by atoms with Crippen LogP contribution in [0.15, 0.2) is 18.2 Å². The van der Waals surface area contributed by atoms with Crippen molar-refractivity contribution in [3.8, 4) is 5.75 Å². The van der Waals surface area contributed by atoms with Gasteiger partial charge < -0.3 is 15.5 Å². The van der Waals surface area contributed by atoms with Crippen molar-refractivity contribution in [3.05, 3.63) is 27.3 Å². The number of aromatic hydroxyl groups is 1. The van der Waals surface area contributed by atoms with E-state index in [4.69, 9.17) is 5.11 Å². The minimum Gasteiger partial charge on any atom is -0.507 e. The van der Waals surface area contributed by atoms with Crippen LogP contribution in [0.2, 0.25) is 0 Å². The lowest BCUT2D eigenvalue weighted by molar-refractivity contribution is 0.0921. The molecule has 0 unspecified atom stereocenters. The van der Waals surface area contributed by atoms with Gasteiger partial charge in [-0.15, -0.1) is 0 Å². The Morgan fingerprint density at radius 1 is 1.60 bits per heavy atom. The molecule has 0 aliphatic heterocycles. The van der Waals surface area contributed by atoms with Crippen molar-refractivity contribution in [3.63, 3.8) is 0 Å². The molecule has 0 saturated carbocycles. The van der Waals surface area contributed by atoms with E-state index in [0.717, 1.165) is 3.57 Å². The number of aliphatic hydroxyl groups excluding tert-OH is 1. The molecule has 0 bridgehead atoms. The van der Waals surface area contributed by atoms with Gasteiger partial charge in [-0.1, -0.05) is 0 Å². The van der Waals surface area contributed by atoms with E-state index in [0.29, 0.717) is 0 Å². The largest absolute Gasteiger partial charge is 0.507 e. The van der Waals surface area contributed by atoms with Crippen LogP contribution in [-0.4, -0.2) is 28.8 Å². The molecule has 0 heterocycles. The fourth-order valence-corrected chi connectivity index (χ4v) is 1.52. The molecule has 0 aromatic heterocycles. The number of hydrogen-bond donors (Lipinski definition) is 3. The van der Waals surface area contributed by atoms with Gasteiger partial charge in [0.25, 0.3) is 5.91 Å². The number of amides is 1. The molecule has 3 N–H and O–H groups in total. The molecule has 0 aliphatic rings. The summed E-state index contributed by atoms with van der Waals surface area (Å²) in [4.78, 5) is 11.5. The van der Waals surface area contributed by atoms with E-state index in [9.17, 15) is 9.90 Å². The molecular weight excluding hydrogens is 309 g/mol. The average molecular weight is 321 g/mol. The lowest BCUT2D eigenvalue weighted by Gasteiger charge is -2.08. The highest BCUT2D eigenvalue weighted by Crippen LogP contribution is 2.19. The number of carbonyl (C=O) groups is 1. The molecule has 1 aromatic rings. The van der Waals surface area contributed by atoms with Gasteiger partial charge in [-0.25, -0.2) is 0 Å². The maximum absolute atomic E-state index is 11.5. The number of aliphatic hydroxyl groups is 1. The summed E-state index contributed by atoms with van der Waals surface area (Å²) >= 11 is 2.06. The Morgan fingerprint density at radius 3 is 2.87 bits per heavy atom. The van der Waals surface area contributed by atoms with Crippen LogP contribution >= 0.6 is 22.6 Å². The summed E-state index contributed by atoms with van der Waals surface area (Å²) in [5.41, 5.74) is 0.225. The normalized spacial score (nSPS) is 12.2. The molecule has 0 radical (unpaired) electrons. The molecule has 1 aromatic carbocycles. The lowest BCUT2D eigenvalue weighted by atomic mass is 10.2. The monoisotopic (exact) mass is 321 g/mol. The Labute approximate surface area is 101 Å². The van der Waals surface area contributed by atoms with E-state index in [-0.39, 0.29) is 23.8 Å². The Kier molecular flexibility index (Phi) is 4.34. The topological polar surface area (TPSA) is 69.6 Å². The molecule has 0 spiro atoms. The van der Waals surface area contributed by atoms with Gasteiger partial charge in [0.2, 0.25) is 0 Å². The predicted octanol–water partition coefficient (Wildman–Crippen LogP) is 1.11. The van der Waals surface area contributed by atoms with Crippen LogP contribution in [0, 0.1) is 3.57 Å². The summed E-state index contributed by atoms with van der Waals surface area (Å²) < 4.78 is 0.868. The first kappa shape index (κ1) is 12.3. The number of phenolic OH excluding ortho intramolecular Hbond substituents is 1. The SMILES string of the molecule is C[C@@H](O)CNC(=O)c1cc(I)ccc1O. The number of carbonyl (C=O) groups excluding carboxylic acids is 1. The molecule has 1 rings (SSSR count). The van der Waals surface area contributed by atoms with Gasteiger partial charge in [0.05, 0.1) is 11.7 Å². The van der Waals surface area contributed by atoms with Crippen molar-refractivity contribution < 1.29 is 15.0 Å². The third-order valence-electron chi connectivity index (χ3n) is 1.76. The second-order valence-corrected chi connectivity index (χ2v) is 4.47. The van der Waals surface area contributed by atoms with E-state index >= 15 is 0 Å².